The van der Waals surface area contributed by atoms with Crippen LogP contribution in [0.5, 0.6) is 0 Å². The summed E-state index contributed by atoms with van der Waals surface area (Å²) in [5.74, 6) is 0.477. The van der Waals surface area contributed by atoms with Gasteiger partial charge < -0.3 is 5.73 Å². The molecule has 0 aliphatic carbocycles. The molecule has 0 saturated carbocycles. The SMILES string of the molecule is C=C/C(N)=C(\N=C)N1CCCC1=O. The van der Waals surface area contributed by atoms with Crippen molar-refractivity contribution in [1.29, 1.82) is 0 Å². The topological polar surface area (TPSA) is 58.7 Å². The maximum atomic E-state index is 11.3. The monoisotopic (exact) mass is 179 g/mol. The van der Waals surface area contributed by atoms with Gasteiger partial charge in [-0.25, -0.2) is 4.99 Å². The first-order valence-electron chi connectivity index (χ1n) is 4.10. The maximum Gasteiger partial charge on any atom is 0.228 e. The summed E-state index contributed by atoms with van der Waals surface area (Å²) in [4.78, 5) is 16.6. The highest BCUT2D eigenvalue weighted by Gasteiger charge is 2.24. The summed E-state index contributed by atoms with van der Waals surface area (Å²) in [5, 5.41) is 0. The normalized spacial score (nSPS) is 18.5. The lowest BCUT2D eigenvalue weighted by Crippen LogP contribution is -2.25. The Morgan fingerprint density at radius 2 is 2.38 bits per heavy atom. The smallest absolute Gasteiger partial charge is 0.228 e. The zero-order valence-corrected chi connectivity index (χ0v) is 7.49. The minimum atomic E-state index is 0.0483. The molecule has 1 aliphatic heterocycles. The van der Waals surface area contributed by atoms with Crippen molar-refractivity contribution in [3.8, 4) is 0 Å². The molecule has 1 rings (SSSR count). The molecule has 0 radical (unpaired) electrons. The van der Waals surface area contributed by atoms with Crippen molar-refractivity contribution in [3.05, 3.63) is 24.2 Å². The van der Waals surface area contributed by atoms with E-state index in [1.807, 2.05) is 0 Å². The van der Waals surface area contributed by atoms with Gasteiger partial charge >= 0.3 is 0 Å². The number of aliphatic imine (C=N–C) groups is 1. The van der Waals surface area contributed by atoms with Gasteiger partial charge in [-0.2, -0.15) is 0 Å². The molecule has 1 aliphatic rings. The molecule has 1 heterocycles. The molecule has 0 spiro atoms. The van der Waals surface area contributed by atoms with Gasteiger partial charge in [-0.15, -0.1) is 0 Å². The van der Waals surface area contributed by atoms with Crippen molar-refractivity contribution in [2.45, 2.75) is 12.8 Å². The number of amides is 1. The van der Waals surface area contributed by atoms with Gasteiger partial charge in [-0.05, 0) is 19.2 Å². The number of carbonyl (C=O) groups is 1. The summed E-state index contributed by atoms with van der Waals surface area (Å²) in [5.41, 5.74) is 6.00. The summed E-state index contributed by atoms with van der Waals surface area (Å²) in [6.45, 7) is 7.57. The molecule has 0 atom stereocenters. The number of nitrogens with zero attached hydrogens (tertiary/aromatic N) is 2. The van der Waals surface area contributed by atoms with Crippen molar-refractivity contribution in [2.75, 3.05) is 6.54 Å². The van der Waals surface area contributed by atoms with Crippen LogP contribution in [0.1, 0.15) is 12.8 Å². The van der Waals surface area contributed by atoms with Crippen LogP contribution in [0.3, 0.4) is 0 Å². The molecular weight excluding hydrogens is 166 g/mol. The number of likely N-dealkylation sites (tertiary alicyclic amines) is 1. The van der Waals surface area contributed by atoms with Crippen LogP contribution in [0.25, 0.3) is 0 Å². The Labute approximate surface area is 77.4 Å². The molecule has 70 valence electrons. The Hall–Kier alpha value is -1.58. The predicted octanol–water partition coefficient (Wildman–Crippen LogP) is 0.623. The fourth-order valence-corrected chi connectivity index (χ4v) is 1.30. The van der Waals surface area contributed by atoms with Crippen LogP contribution >= 0.6 is 0 Å². The average molecular weight is 179 g/mol. The fourth-order valence-electron chi connectivity index (χ4n) is 1.30. The van der Waals surface area contributed by atoms with Crippen molar-refractivity contribution in [1.82, 2.24) is 4.90 Å². The minimum absolute atomic E-state index is 0.0483. The average Bonchev–Trinajstić information content (AvgIpc) is 2.53. The quantitative estimate of drug-likeness (QED) is 0.510. The first kappa shape index (κ1) is 9.51. The third kappa shape index (κ3) is 1.77. The van der Waals surface area contributed by atoms with Gasteiger partial charge in [0, 0.05) is 13.0 Å². The van der Waals surface area contributed by atoms with Crippen LogP contribution in [0.15, 0.2) is 29.2 Å². The van der Waals surface area contributed by atoms with Gasteiger partial charge in [0.25, 0.3) is 0 Å². The molecule has 1 saturated heterocycles. The summed E-state index contributed by atoms with van der Waals surface area (Å²) in [6, 6.07) is 0. The van der Waals surface area contributed by atoms with Gasteiger partial charge in [0.2, 0.25) is 5.91 Å². The molecular formula is C9H13N3O. The van der Waals surface area contributed by atoms with E-state index in [4.69, 9.17) is 5.73 Å². The highest BCUT2D eigenvalue weighted by Crippen LogP contribution is 2.18. The second-order valence-electron chi connectivity index (χ2n) is 2.79. The number of hydrogen-bond acceptors (Lipinski definition) is 3. The summed E-state index contributed by atoms with van der Waals surface area (Å²) < 4.78 is 0. The molecule has 0 unspecified atom stereocenters. The zero-order chi connectivity index (χ0) is 9.84. The lowest BCUT2D eigenvalue weighted by Gasteiger charge is -2.16. The van der Waals surface area contributed by atoms with Crippen molar-refractivity contribution < 1.29 is 4.79 Å². The van der Waals surface area contributed by atoms with E-state index in [1.165, 1.54) is 6.08 Å². The van der Waals surface area contributed by atoms with E-state index < -0.39 is 0 Å². The van der Waals surface area contributed by atoms with Crippen LogP contribution in [-0.4, -0.2) is 24.1 Å². The fraction of sp³-hybridized carbons (Fsp3) is 0.333. The van der Waals surface area contributed by atoms with Gasteiger partial charge in [0.1, 0.15) is 0 Å². The molecule has 4 heteroatoms. The van der Waals surface area contributed by atoms with Gasteiger partial charge in [0.15, 0.2) is 5.82 Å². The van der Waals surface area contributed by atoms with Crippen LogP contribution in [-0.2, 0) is 4.79 Å². The van der Waals surface area contributed by atoms with Gasteiger partial charge in [-0.1, -0.05) is 6.58 Å². The Bertz CT molecular complexity index is 281. The largest absolute Gasteiger partial charge is 0.396 e. The standard InChI is InChI=1S/C9H13N3O/c1-3-7(10)9(11-2)12-6-4-5-8(12)13/h3H,1-2,4-6,10H2/b9-7-. The van der Waals surface area contributed by atoms with E-state index in [-0.39, 0.29) is 5.91 Å². The summed E-state index contributed by atoms with van der Waals surface area (Å²) in [7, 11) is 0. The van der Waals surface area contributed by atoms with Crippen LogP contribution in [0.4, 0.5) is 0 Å². The molecule has 4 nitrogen and oxygen atoms in total. The second kappa shape index (κ2) is 3.89. The van der Waals surface area contributed by atoms with Gasteiger partial charge in [0.05, 0.1) is 5.70 Å². The molecule has 0 aromatic heterocycles. The maximum absolute atomic E-state index is 11.3. The summed E-state index contributed by atoms with van der Waals surface area (Å²) >= 11 is 0. The number of nitrogens with two attached hydrogens (primary N) is 1. The Kier molecular flexibility index (Phi) is 2.84. The zero-order valence-electron chi connectivity index (χ0n) is 7.49. The minimum Gasteiger partial charge on any atom is -0.396 e. The van der Waals surface area contributed by atoms with Crippen molar-refractivity contribution in [3.63, 3.8) is 0 Å². The van der Waals surface area contributed by atoms with E-state index in [2.05, 4.69) is 18.3 Å². The number of allylic oxidation sites excluding steroid dienone is 1. The number of carbonyl (C=O) groups excluding carboxylic acids is 1. The Morgan fingerprint density at radius 1 is 1.69 bits per heavy atom. The third-order valence-electron chi connectivity index (χ3n) is 1.96. The molecule has 13 heavy (non-hydrogen) atoms. The van der Waals surface area contributed by atoms with E-state index >= 15 is 0 Å². The second-order valence-corrected chi connectivity index (χ2v) is 2.79. The van der Waals surface area contributed by atoms with Gasteiger partial charge in [-0.3, -0.25) is 9.69 Å². The highest BCUT2D eigenvalue weighted by atomic mass is 16.2. The number of hydrogen-bond donors (Lipinski definition) is 1. The molecule has 0 aromatic carbocycles. The van der Waals surface area contributed by atoms with E-state index in [9.17, 15) is 4.79 Å². The summed E-state index contributed by atoms with van der Waals surface area (Å²) in [6.07, 6.45) is 2.88. The van der Waals surface area contributed by atoms with E-state index in [0.29, 0.717) is 24.5 Å². The van der Waals surface area contributed by atoms with Crippen molar-refractivity contribution >= 4 is 12.6 Å². The van der Waals surface area contributed by atoms with E-state index in [1.54, 1.807) is 4.90 Å². The Balaban J connectivity index is 2.95. The van der Waals surface area contributed by atoms with E-state index in [0.717, 1.165) is 6.42 Å². The molecule has 1 amide bonds. The molecule has 2 N–H and O–H groups in total. The van der Waals surface area contributed by atoms with Crippen LogP contribution in [0.2, 0.25) is 0 Å². The van der Waals surface area contributed by atoms with Crippen LogP contribution < -0.4 is 5.73 Å². The molecule has 0 bridgehead atoms. The van der Waals surface area contributed by atoms with Crippen LogP contribution in [0, 0.1) is 0 Å². The lowest BCUT2D eigenvalue weighted by atomic mass is 10.4. The molecule has 0 aromatic rings. The first-order chi connectivity index (χ1) is 6.20. The molecule has 1 fully saturated rings. The highest BCUT2D eigenvalue weighted by molar-refractivity contribution is 5.80. The number of rotatable bonds is 3. The van der Waals surface area contributed by atoms with Crippen molar-refractivity contribution in [2.24, 2.45) is 10.7 Å². The predicted molar refractivity (Wildman–Crippen MR) is 51.9 cm³/mol. The first-order valence-corrected chi connectivity index (χ1v) is 4.10. The third-order valence-corrected chi connectivity index (χ3v) is 1.96. The lowest BCUT2D eigenvalue weighted by molar-refractivity contribution is -0.126. The Morgan fingerprint density at radius 3 is 2.77 bits per heavy atom.